The lowest BCUT2D eigenvalue weighted by atomic mass is 10.1. The van der Waals surface area contributed by atoms with E-state index in [-0.39, 0.29) is 12.4 Å². The molecule has 106 valence electrons. The summed E-state index contributed by atoms with van der Waals surface area (Å²) in [5.74, 6) is -0.366. The molecule has 0 fully saturated rings. The Morgan fingerprint density at radius 3 is 2.53 bits per heavy atom. The number of rotatable bonds is 6. The van der Waals surface area contributed by atoms with E-state index >= 15 is 0 Å². The topological polar surface area (TPSA) is 52.4 Å². The molecule has 0 aliphatic rings. The van der Waals surface area contributed by atoms with Gasteiger partial charge in [0.2, 0.25) is 0 Å². The molecule has 0 radical (unpaired) electrons. The highest BCUT2D eigenvalue weighted by molar-refractivity contribution is 5.45. The maximum Gasteiger partial charge on any atom is 0.420 e. The molecule has 0 unspecified atom stereocenters. The summed E-state index contributed by atoms with van der Waals surface area (Å²) in [5, 5.41) is 10.5. The van der Waals surface area contributed by atoms with Crippen molar-refractivity contribution in [3.63, 3.8) is 0 Å². The molecule has 0 aliphatic heterocycles. The molecule has 0 spiro atoms. The molecule has 0 atom stereocenters. The minimum Gasteiger partial charge on any atom is -0.493 e. The molecule has 0 N–H and O–H groups in total. The average Bonchev–Trinajstić information content (AvgIpc) is 2.33. The molecule has 0 amide bonds. The van der Waals surface area contributed by atoms with E-state index in [1.807, 2.05) is 6.92 Å². The minimum absolute atomic E-state index is 0.161. The first kappa shape index (κ1) is 15.3. The van der Waals surface area contributed by atoms with E-state index in [9.17, 15) is 23.3 Å². The molecule has 19 heavy (non-hydrogen) atoms. The van der Waals surface area contributed by atoms with Gasteiger partial charge < -0.3 is 4.74 Å². The van der Waals surface area contributed by atoms with Crippen molar-refractivity contribution in [3.8, 4) is 5.75 Å². The zero-order valence-electron chi connectivity index (χ0n) is 10.4. The van der Waals surface area contributed by atoms with E-state index in [2.05, 4.69) is 0 Å². The van der Waals surface area contributed by atoms with Crippen LogP contribution in [0.3, 0.4) is 0 Å². The largest absolute Gasteiger partial charge is 0.493 e. The SMILES string of the molecule is CCCCCOc1ccc([N+](=O)[O-])cc1C(F)(F)F. The normalized spacial score (nSPS) is 11.4. The van der Waals surface area contributed by atoms with Gasteiger partial charge in [-0.15, -0.1) is 0 Å². The van der Waals surface area contributed by atoms with Crippen LogP contribution in [-0.2, 0) is 6.18 Å². The molecule has 0 saturated carbocycles. The molecule has 0 bridgehead atoms. The van der Waals surface area contributed by atoms with Gasteiger partial charge in [0.15, 0.2) is 0 Å². The van der Waals surface area contributed by atoms with Crippen LogP contribution in [0.15, 0.2) is 18.2 Å². The molecular formula is C12H14F3NO3. The second kappa shape index (κ2) is 6.40. The van der Waals surface area contributed by atoms with Crippen LogP contribution in [0.2, 0.25) is 0 Å². The number of unbranched alkanes of at least 4 members (excludes halogenated alkanes) is 2. The first-order valence-corrected chi connectivity index (χ1v) is 5.84. The Kier molecular flexibility index (Phi) is 5.14. The Morgan fingerprint density at radius 1 is 1.32 bits per heavy atom. The second-order valence-corrected chi connectivity index (χ2v) is 3.99. The smallest absolute Gasteiger partial charge is 0.420 e. The summed E-state index contributed by atoms with van der Waals surface area (Å²) in [7, 11) is 0. The highest BCUT2D eigenvalue weighted by atomic mass is 19.4. The van der Waals surface area contributed by atoms with E-state index in [0.717, 1.165) is 25.0 Å². The van der Waals surface area contributed by atoms with Crippen LogP contribution in [0, 0.1) is 10.1 Å². The number of alkyl halides is 3. The fourth-order valence-electron chi connectivity index (χ4n) is 1.51. The van der Waals surface area contributed by atoms with E-state index in [0.29, 0.717) is 12.5 Å². The molecule has 0 aliphatic carbocycles. The fourth-order valence-corrected chi connectivity index (χ4v) is 1.51. The Hall–Kier alpha value is -1.79. The lowest BCUT2D eigenvalue weighted by Crippen LogP contribution is -2.10. The quantitative estimate of drug-likeness (QED) is 0.445. The van der Waals surface area contributed by atoms with Crippen LogP contribution >= 0.6 is 0 Å². The lowest BCUT2D eigenvalue weighted by molar-refractivity contribution is -0.385. The Bertz CT molecular complexity index is 446. The van der Waals surface area contributed by atoms with Gasteiger partial charge in [-0.3, -0.25) is 10.1 Å². The molecule has 0 saturated heterocycles. The van der Waals surface area contributed by atoms with Crippen LogP contribution in [-0.4, -0.2) is 11.5 Å². The average molecular weight is 277 g/mol. The van der Waals surface area contributed by atoms with Crippen molar-refractivity contribution in [1.29, 1.82) is 0 Å². The Morgan fingerprint density at radius 2 is 2.00 bits per heavy atom. The zero-order chi connectivity index (χ0) is 14.5. The van der Waals surface area contributed by atoms with Gasteiger partial charge in [0.25, 0.3) is 5.69 Å². The predicted molar refractivity (Wildman–Crippen MR) is 63.1 cm³/mol. The maximum absolute atomic E-state index is 12.8. The van der Waals surface area contributed by atoms with Gasteiger partial charge in [-0.25, -0.2) is 0 Å². The zero-order valence-corrected chi connectivity index (χ0v) is 10.4. The van der Waals surface area contributed by atoms with Crippen LogP contribution in [0.4, 0.5) is 18.9 Å². The van der Waals surface area contributed by atoms with Crippen molar-refractivity contribution in [1.82, 2.24) is 0 Å². The van der Waals surface area contributed by atoms with Gasteiger partial charge in [0.05, 0.1) is 11.5 Å². The molecule has 1 aromatic carbocycles. The lowest BCUT2D eigenvalue weighted by Gasteiger charge is -2.13. The Labute approximate surface area is 108 Å². The number of ether oxygens (including phenoxy) is 1. The molecule has 4 nitrogen and oxygen atoms in total. The van der Waals surface area contributed by atoms with Crippen LogP contribution < -0.4 is 4.74 Å². The number of nitrogens with zero attached hydrogens (tertiary/aromatic N) is 1. The number of nitro groups is 1. The minimum atomic E-state index is -4.67. The van der Waals surface area contributed by atoms with Crippen molar-refractivity contribution >= 4 is 5.69 Å². The summed E-state index contributed by atoms with van der Waals surface area (Å²) in [4.78, 5) is 9.62. The third-order valence-electron chi connectivity index (χ3n) is 2.48. The van der Waals surface area contributed by atoms with Crippen LogP contribution in [0.5, 0.6) is 5.75 Å². The summed E-state index contributed by atoms with van der Waals surface area (Å²) in [6, 6.07) is 2.49. The first-order valence-electron chi connectivity index (χ1n) is 5.84. The van der Waals surface area contributed by atoms with Gasteiger partial charge in [0.1, 0.15) is 11.3 Å². The molecule has 0 heterocycles. The second-order valence-electron chi connectivity index (χ2n) is 3.99. The number of hydrogen-bond acceptors (Lipinski definition) is 3. The third-order valence-corrected chi connectivity index (χ3v) is 2.48. The van der Waals surface area contributed by atoms with Crippen molar-refractivity contribution < 1.29 is 22.8 Å². The third kappa shape index (κ3) is 4.42. The van der Waals surface area contributed by atoms with E-state index in [1.54, 1.807) is 0 Å². The van der Waals surface area contributed by atoms with Crippen molar-refractivity contribution in [2.24, 2.45) is 0 Å². The Balaban J connectivity index is 2.93. The summed E-state index contributed by atoms with van der Waals surface area (Å²) in [6.07, 6.45) is -2.25. The number of nitro benzene ring substituents is 1. The summed E-state index contributed by atoms with van der Waals surface area (Å²) in [6.45, 7) is 2.13. The maximum atomic E-state index is 12.8. The van der Waals surface area contributed by atoms with Crippen LogP contribution in [0.25, 0.3) is 0 Å². The molecule has 0 aromatic heterocycles. The highest BCUT2D eigenvalue weighted by Gasteiger charge is 2.36. The monoisotopic (exact) mass is 277 g/mol. The predicted octanol–water partition coefficient (Wildman–Crippen LogP) is 4.18. The standard InChI is InChI=1S/C12H14F3NO3/c1-2-3-4-7-19-11-6-5-9(16(17)18)8-10(11)12(13,14)15/h5-6,8H,2-4,7H2,1H3. The fraction of sp³-hybridized carbons (Fsp3) is 0.500. The van der Waals surface area contributed by atoms with E-state index in [1.165, 1.54) is 0 Å². The van der Waals surface area contributed by atoms with Gasteiger partial charge in [-0.2, -0.15) is 13.2 Å². The molecule has 1 aromatic rings. The van der Waals surface area contributed by atoms with Crippen LogP contribution in [0.1, 0.15) is 31.7 Å². The van der Waals surface area contributed by atoms with Crippen molar-refractivity contribution in [3.05, 3.63) is 33.9 Å². The number of halogens is 3. The van der Waals surface area contributed by atoms with E-state index in [4.69, 9.17) is 4.74 Å². The van der Waals surface area contributed by atoms with Crippen molar-refractivity contribution in [2.75, 3.05) is 6.61 Å². The van der Waals surface area contributed by atoms with E-state index < -0.39 is 22.4 Å². The summed E-state index contributed by atoms with van der Waals surface area (Å²) < 4.78 is 43.4. The van der Waals surface area contributed by atoms with Gasteiger partial charge in [0, 0.05) is 12.1 Å². The molecule has 1 rings (SSSR count). The van der Waals surface area contributed by atoms with Gasteiger partial charge in [-0.05, 0) is 12.5 Å². The van der Waals surface area contributed by atoms with Gasteiger partial charge >= 0.3 is 6.18 Å². The number of non-ortho nitro benzene ring substituents is 1. The first-order chi connectivity index (χ1) is 8.86. The number of hydrogen-bond donors (Lipinski definition) is 0. The summed E-state index contributed by atoms with van der Waals surface area (Å²) >= 11 is 0. The highest BCUT2D eigenvalue weighted by Crippen LogP contribution is 2.38. The van der Waals surface area contributed by atoms with Gasteiger partial charge in [-0.1, -0.05) is 19.8 Å². The summed E-state index contributed by atoms with van der Waals surface area (Å²) in [5.41, 5.74) is -1.72. The number of benzene rings is 1. The molecule has 7 heteroatoms. The molecular weight excluding hydrogens is 263 g/mol. The van der Waals surface area contributed by atoms with Crippen molar-refractivity contribution in [2.45, 2.75) is 32.4 Å².